The Labute approximate surface area is 201 Å². The Morgan fingerprint density at radius 3 is 2.74 bits per heavy atom. The van der Waals surface area contributed by atoms with Crippen LogP contribution in [0, 0.1) is 0 Å². The highest BCUT2D eigenvalue weighted by atomic mass is 35.5. The average Bonchev–Trinajstić information content (AvgIpc) is 2.84. The number of hydrogen-bond donors (Lipinski definition) is 2. The first-order valence-electron chi connectivity index (χ1n) is 10.2. The van der Waals surface area contributed by atoms with E-state index in [0.717, 1.165) is 0 Å². The highest BCUT2D eigenvalue weighted by molar-refractivity contribution is 7.98. The highest BCUT2D eigenvalue weighted by Gasteiger charge is 2.22. The molecule has 4 heterocycles. The first-order valence-corrected chi connectivity index (χ1v) is 11.8. The van der Waals surface area contributed by atoms with Gasteiger partial charge in [-0.2, -0.15) is 0 Å². The molecule has 0 radical (unpaired) electrons. The van der Waals surface area contributed by atoms with Crippen molar-refractivity contribution in [2.24, 2.45) is 0 Å². The first kappa shape index (κ1) is 22.0. The molecule has 1 atom stereocenters. The third kappa shape index (κ3) is 3.78. The summed E-state index contributed by atoms with van der Waals surface area (Å²) in [5.74, 6) is 0.680. The molecule has 0 fully saturated rings. The number of rotatable bonds is 5. The van der Waals surface area contributed by atoms with Gasteiger partial charge in [-0.25, -0.2) is 19.9 Å². The van der Waals surface area contributed by atoms with E-state index in [1.165, 1.54) is 22.7 Å². The molecule has 0 bridgehead atoms. The Hall–Kier alpha value is -3.83. The number of nitrogens with one attached hydrogen (secondary N) is 2. The minimum absolute atomic E-state index is 0.214. The summed E-state index contributed by atoms with van der Waals surface area (Å²) in [6.45, 7) is 1.82. The second-order valence-corrected chi connectivity index (χ2v) is 8.49. The number of nitrogens with zero attached hydrogens (tertiary/aromatic N) is 6. The fourth-order valence-electron chi connectivity index (χ4n) is 3.65. The Kier molecular flexibility index (Phi) is 5.72. The lowest BCUT2D eigenvalue weighted by Gasteiger charge is -2.20. The molecule has 0 saturated carbocycles. The number of thioether (sulfide) groups is 1. The Balaban J connectivity index is 1.73. The predicted octanol–water partition coefficient (Wildman–Crippen LogP) is 3.36. The molecule has 4 aromatic heterocycles. The van der Waals surface area contributed by atoms with Crippen LogP contribution in [-0.2, 0) is 0 Å². The Morgan fingerprint density at radius 2 is 1.97 bits per heavy atom. The third-order valence-electron chi connectivity index (χ3n) is 5.18. The van der Waals surface area contributed by atoms with E-state index >= 15 is 0 Å². The van der Waals surface area contributed by atoms with Crippen molar-refractivity contribution in [3.8, 4) is 5.69 Å². The molecule has 0 aliphatic rings. The van der Waals surface area contributed by atoms with Gasteiger partial charge in [0.05, 0.1) is 40.2 Å². The van der Waals surface area contributed by atoms with Crippen LogP contribution in [0.5, 0.6) is 0 Å². The lowest BCUT2D eigenvalue weighted by Crippen LogP contribution is -2.28. The molecule has 5 rings (SSSR count). The van der Waals surface area contributed by atoms with Gasteiger partial charge >= 0.3 is 0 Å². The van der Waals surface area contributed by atoms with Crippen molar-refractivity contribution in [3.63, 3.8) is 0 Å². The first-order chi connectivity index (χ1) is 16.5. The van der Waals surface area contributed by atoms with Crippen LogP contribution in [0.4, 0.5) is 5.82 Å². The van der Waals surface area contributed by atoms with Gasteiger partial charge in [-0.15, -0.1) is 0 Å². The summed E-state index contributed by atoms with van der Waals surface area (Å²) in [5, 5.41) is 4.51. The Bertz CT molecular complexity index is 1660. The Morgan fingerprint density at radius 1 is 1.12 bits per heavy atom. The zero-order valence-electron chi connectivity index (χ0n) is 18.0. The van der Waals surface area contributed by atoms with Crippen LogP contribution in [0.1, 0.15) is 18.8 Å². The number of aromatic amines is 1. The average molecular weight is 493 g/mol. The number of benzene rings is 1. The van der Waals surface area contributed by atoms with Gasteiger partial charge in [0.1, 0.15) is 17.0 Å². The summed E-state index contributed by atoms with van der Waals surface area (Å²) < 4.78 is 1.46. The van der Waals surface area contributed by atoms with E-state index in [4.69, 9.17) is 16.6 Å². The van der Waals surface area contributed by atoms with Gasteiger partial charge in [-0.3, -0.25) is 19.1 Å². The molecule has 2 N–H and O–H groups in total. The zero-order valence-corrected chi connectivity index (χ0v) is 19.6. The largest absolute Gasteiger partial charge is 0.360 e. The van der Waals surface area contributed by atoms with Gasteiger partial charge in [0.2, 0.25) is 0 Å². The number of pyridine rings is 1. The normalized spacial score (nSPS) is 12.2. The van der Waals surface area contributed by atoms with Crippen molar-refractivity contribution in [1.29, 1.82) is 0 Å². The second kappa shape index (κ2) is 8.84. The number of halogens is 1. The maximum atomic E-state index is 13.6. The second-order valence-electron chi connectivity index (χ2n) is 7.31. The number of anilines is 1. The number of H-pyrrole nitrogens is 1. The molecular weight excluding hydrogens is 476 g/mol. The standard InChI is InChI=1S/C22H17ClN8O2S/c1-11(27-18-16-17(25-10-26-20(16)32)29-22(30-18)34-2)19-28-14-7-3-6-13(23)15(14)21(33)31(19)12-5-4-8-24-9-12/h3-11H,1-2H3,(H2,25,26,27,29,30,32)/t11-/m0/s1. The summed E-state index contributed by atoms with van der Waals surface area (Å²) >= 11 is 7.67. The molecule has 12 heteroatoms. The van der Waals surface area contributed by atoms with E-state index in [2.05, 4.69) is 30.2 Å². The summed E-state index contributed by atoms with van der Waals surface area (Å²) in [6.07, 6.45) is 6.32. The molecule has 0 aliphatic carbocycles. The highest BCUT2D eigenvalue weighted by Crippen LogP contribution is 2.26. The monoisotopic (exact) mass is 492 g/mol. The van der Waals surface area contributed by atoms with Crippen LogP contribution in [-0.4, -0.2) is 40.7 Å². The van der Waals surface area contributed by atoms with Crippen molar-refractivity contribution in [2.45, 2.75) is 18.1 Å². The van der Waals surface area contributed by atoms with Gasteiger partial charge in [0, 0.05) is 6.20 Å². The van der Waals surface area contributed by atoms with E-state index in [-0.39, 0.29) is 28.0 Å². The summed E-state index contributed by atoms with van der Waals surface area (Å²) in [4.78, 5) is 50.6. The molecule has 5 aromatic rings. The van der Waals surface area contributed by atoms with Crippen molar-refractivity contribution >= 4 is 51.1 Å². The third-order valence-corrected chi connectivity index (χ3v) is 6.04. The van der Waals surface area contributed by atoms with Crippen LogP contribution in [0.15, 0.2) is 63.8 Å². The van der Waals surface area contributed by atoms with E-state index in [1.807, 2.05) is 13.2 Å². The van der Waals surface area contributed by atoms with E-state index < -0.39 is 6.04 Å². The zero-order chi connectivity index (χ0) is 23.8. The lowest BCUT2D eigenvalue weighted by molar-refractivity contribution is 0.728. The minimum Gasteiger partial charge on any atom is -0.360 e. The molecule has 0 unspecified atom stereocenters. The molecule has 34 heavy (non-hydrogen) atoms. The van der Waals surface area contributed by atoms with Crippen LogP contribution < -0.4 is 16.4 Å². The lowest BCUT2D eigenvalue weighted by atomic mass is 10.2. The molecule has 170 valence electrons. The van der Waals surface area contributed by atoms with Gasteiger partial charge < -0.3 is 10.3 Å². The van der Waals surface area contributed by atoms with Crippen LogP contribution in [0.2, 0.25) is 5.02 Å². The summed E-state index contributed by atoms with van der Waals surface area (Å²) in [6, 6.07) is 8.06. The number of aromatic nitrogens is 7. The molecule has 10 nitrogen and oxygen atoms in total. The smallest absolute Gasteiger partial charge is 0.267 e. The molecule has 0 amide bonds. The van der Waals surface area contributed by atoms with Crippen molar-refractivity contribution in [2.75, 3.05) is 11.6 Å². The SMILES string of the molecule is CSc1nc(N[C@@H](C)c2nc3cccc(Cl)c3c(=O)n2-c2cccnc2)c2c(=O)[nH]cnc2n1. The summed E-state index contributed by atoms with van der Waals surface area (Å²) in [7, 11) is 0. The van der Waals surface area contributed by atoms with Crippen LogP contribution in [0.25, 0.3) is 27.6 Å². The maximum absolute atomic E-state index is 13.6. The van der Waals surface area contributed by atoms with Gasteiger partial charge in [0.15, 0.2) is 10.8 Å². The fraction of sp³-hybridized carbons (Fsp3) is 0.136. The van der Waals surface area contributed by atoms with Crippen LogP contribution >= 0.6 is 23.4 Å². The summed E-state index contributed by atoms with van der Waals surface area (Å²) in [5.41, 5.74) is 0.542. The van der Waals surface area contributed by atoms with Crippen molar-refractivity contribution in [3.05, 3.63) is 80.6 Å². The number of hydrogen-bond acceptors (Lipinski definition) is 9. The minimum atomic E-state index is -0.552. The number of fused-ring (bicyclic) bond motifs is 2. The quantitative estimate of drug-likeness (QED) is 0.280. The van der Waals surface area contributed by atoms with E-state index in [1.54, 1.807) is 42.7 Å². The predicted molar refractivity (Wildman–Crippen MR) is 132 cm³/mol. The van der Waals surface area contributed by atoms with Gasteiger partial charge in [0.25, 0.3) is 11.1 Å². The van der Waals surface area contributed by atoms with Gasteiger partial charge in [-0.05, 0) is 37.4 Å². The van der Waals surface area contributed by atoms with Gasteiger partial charge in [-0.1, -0.05) is 29.4 Å². The maximum Gasteiger partial charge on any atom is 0.267 e. The molecule has 0 aliphatic heterocycles. The van der Waals surface area contributed by atoms with Crippen molar-refractivity contribution < 1.29 is 0 Å². The molecule has 0 spiro atoms. The van der Waals surface area contributed by atoms with Crippen LogP contribution in [0.3, 0.4) is 0 Å². The molecule has 1 aromatic carbocycles. The molecular formula is C22H17ClN8O2S. The van der Waals surface area contributed by atoms with E-state index in [9.17, 15) is 9.59 Å². The van der Waals surface area contributed by atoms with Crippen molar-refractivity contribution in [1.82, 2.24) is 34.5 Å². The fourth-order valence-corrected chi connectivity index (χ4v) is 4.26. The topological polar surface area (TPSA) is 131 Å². The molecule has 0 saturated heterocycles. The van der Waals surface area contributed by atoms with E-state index in [0.29, 0.717) is 32.6 Å².